The van der Waals surface area contributed by atoms with Crippen molar-refractivity contribution in [1.82, 2.24) is 5.32 Å². The second-order valence-electron chi connectivity index (χ2n) is 4.97. The summed E-state index contributed by atoms with van der Waals surface area (Å²) in [7, 11) is 1.60. The molecule has 0 aromatic heterocycles. The normalized spacial score (nSPS) is 10.2. The van der Waals surface area contributed by atoms with Crippen molar-refractivity contribution < 1.29 is 18.7 Å². The number of aryl methyl sites for hydroxylation is 1. The highest BCUT2D eigenvalue weighted by Gasteiger charge is 2.05. The lowest BCUT2D eigenvalue weighted by Gasteiger charge is -2.08. The average Bonchev–Trinajstić information content (AvgIpc) is 2.58. The molecule has 1 N–H and O–H groups in total. The standard InChI is InChI=1S/C18H20FNO3/c1-22-15-7-9-16(10-8-15)23-13-12-20-18(21)11-6-14-4-2-3-5-17(14)19/h2-5,7-10H,6,11-13H2,1H3,(H,20,21). The van der Waals surface area contributed by atoms with Crippen LogP contribution in [-0.4, -0.2) is 26.2 Å². The summed E-state index contributed by atoms with van der Waals surface area (Å²) >= 11 is 0. The van der Waals surface area contributed by atoms with Gasteiger partial charge in [0.05, 0.1) is 13.7 Å². The summed E-state index contributed by atoms with van der Waals surface area (Å²) in [6.07, 6.45) is 0.640. The molecular formula is C18H20FNO3. The van der Waals surface area contributed by atoms with E-state index in [1.54, 1.807) is 37.4 Å². The van der Waals surface area contributed by atoms with E-state index in [0.29, 0.717) is 30.9 Å². The van der Waals surface area contributed by atoms with Crippen molar-refractivity contribution in [2.75, 3.05) is 20.3 Å². The molecule has 5 heteroatoms. The topological polar surface area (TPSA) is 47.6 Å². The van der Waals surface area contributed by atoms with Gasteiger partial charge in [0.2, 0.25) is 5.91 Å². The SMILES string of the molecule is COc1ccc(OCCNC(=O)CCc2ccccc2F)cc1. The van der Waals surface area contributed by atoms with Crippen LogP contribution < -0.4 is 14.8 Å². The van der Waals surface area contributed by atoms with Gasteiger partial charge in [-0.05, 0) is 42.3 Å². The molecule has 0 aliphatic rings. The van der Waals surface area contributed by atoms with E-state index in [0.717, 1.165) is 5.75 Å². The van der Waals surface area contributed by atoms with Gasteiger partial charge in [-0.2, -0.15) is 0 Å². The molecule has 0 spiro atoms. The summed E-state index contributed by atoms with van der Waals surface area (Å²) in [6.45, 7) is 0.778. The maximum atomic E-state index is 13.4. The third-order valence-corrected chi connectivity index (χ3v) is 3.33. The van der Waals surface area contributed by atoms with E-state index in [2.05, 4.69) is 5.32 Å². The smallest absolute Gasteiger partial charge is 0.220 e. The van der Waals surface area contributed by atoms with Gasteiger partial charge in [-0.3, -0.25) is 4.79 Å². The Morgan fingerprint density at radius 1 is 1.09 bits per heavy atom. The van der Waals surface area contributed by atoms with Crippen LogP contribution in [0.15, 0.2) is 48.5 Å². The van der Waals surface area contributed by atoms with Crippen LogP contribution in [-0.2, 0) is 11.2 Å². The van der Waals surface area contributed by atoms with Gasteiger partial charge >= 0.3 is 0 Å². The van der Waals surface area contributed by atoms with Crippen molar-refractivity contribution >= 4 is 5.91 Å². The fourth-order valence-corrected chi connectivity index (χ4v) is 2.07. The molecule has 0 saturated carbocycles. The van der Waals surface area contributed by atoms with Gasteiger partial charge in [-0.1, -0.05) is 18.2 Å². The van der Waals surface area contributed by atoms with Crippen LogP contribution >= 0.6 is 0 Å². The van der Waals surface area contributed by atoms with E-state index in [-0.39, 0.29) is 18.1 Å². The van der Waals surface area contributed by atoms with Crippen molar-refractivity contribution in [2.45, 2.75) is 12.8 Å². The molecule has 0 atom stereocenters. The highest BCUT2D eigenvalue weighted by molar-refractivity contribution is 5.76. The van der Waals surface area contributed by atoms with E-state index in [4.69, 9.17) is 9.47 Å². The number of nitrogens with one attached hydrogen (secondary N) is 1. The number of carbonyl (C=O) groups is 1. The van der Waals surface area contributed by atoms with Gasteiger partial charge in [0.25, 0.3) is 0 Å². The Kier molecular flexibility index (Phi) is 6.41. The largest absolute Gasteiger partial charge is 0.497 e. The molecular weight excluding hydrogens is 297 g/mol. The van der Waals surface area contributed by atoms with E-state index in [9.17, 15) is 9.18 Å². The third kappa shape index (κ3) is 5.62. The molecule has 2 rings (SSSR count). The first kappa shape index (κ1) is 16.8. The quantitative estimate of drug-likeness (QED) is 0.762. The molecule has 0 fully saturated rings. The molecule has 0 bridgehead atoms. The predicted molar refractivity (Wildman–Crippen MR) is 86.2 cm³/mol. The number of ether oxygens (including phenoxy) is 2. The zero-order valence-electron chi connectivity index (χ0n) is 13.0. The van der Waals surface area contributed by atoms with Crippen LogP contribution in [0.1, 0.15) is 12.0 Å². The monoisotopic (exact) mass is 317 g/mol. The van der Waals surface area contributed by atoms with E-state index in [1.807, 2.05) is 12.1 Å². The Morgan fingerprint density at radius 3 is 2.48 bits per heavy atom. The predicted octanol–water partition coefficient (Wildman–Crippen LogP) is 2.96. The molecule has 1 amide bonds. The van der Waals surface area contributed by atoms with Crippen LogP contribution in [0, 0.1) is 5.82 Å². The molecule has 0 saturated heterocycles. The second kappa shape index (κ2) is 8.78. The molecule has 122 valence electrons. The Balaban J connectivity index is 1.63. The molecule has 2 aromatic rings. The minimum Gasteiger partial charge on any atom is -0.497 e. The van der Waals surface area contributed by atoms with Crippen molar-refractivity contribution in [3.05, 3.63) is 59.9 Å². The second-order valence-corrected chi connectivity index (χ2v) is 4.97. The lowest BCUT2D eigenvalue weighted by atomic mass is 10.1. The van der Waals surface area contributed by atoms with Crippen LogP contribution in [0.4, 0.5) is 4.39 Å². The van der Waals surface area contributed by atoms with Gasteiger partial charge in [0.15, 0.2) is 0 Å². The van der Waals surface area contributed by atoms with Crippen LogP contribution in [0.25, 0.3) is 0 Å². The van der Waals surface area contributed by atoms with Crippen molar-refractivity contribution in [3.8, 4) is 11.5 Å². The summed E-state index contributed by atoms with van der Waals surface area (Å²) < 4.78 is 24.0. The fraction of sp³-hybridized carbons (Fsp3) is 0.278. The van der Waals surface area contributed by atoms with Gasteiger partial charge in [0, 0.05) is 6.42 Å². The molecule has 0 radical (unpaired) electrons. The average molecular weight is 317 g/mol. The minimum absolute atomic E-state index is 0.119. The molecule has 0 unspecified atom stereocenters. The Hall–Kier alpha value is -2.56. The summed E-state index contributed by atoms with van der Waals surface area (Å²) in [6, 6.07) is 13.7. The number of halogens is 1. The summed E-state index contributed by atoms with van der Waals surface area (Å²) in [4.78, 5) is 11.7. The van der Waals surface area contributed by atoms with Gasteiger partial charge in [0.1, 0.15) is 23.9 Å². The summed E-state index contributed by atoms with van der Waals surface area (Å²) in [5.74, 6) is 1.08. The number of carbonyl (C=O) groups excluding carboxylic acids is 1. The van der Waals surface area contributed by atoms with Gasteiger partial charge in [-0.15, -0.1) is 0 Å². The molecule has 2 aromatic carbocycles. The first-order valence-corrected chi connectivity index (χ1v) is 7.46. The number of rotatable bonds is 8. The van der Waals surface area contributed by atoms with E-state index >= 15 is 0 Å². The van der Waals surface area contributed by atoms with E-state index < -0.39 is 0 Å². The maximum Gasteiger partial charge on any atom is 0.220 e. The molecule has 4 nitrogen and oxygen atoms in total. The van der Waals surface area contributed by atoms with E-state index in [1.165, 1.54) is 6.07 Å². The van der Waals surface area contributed by atoms with Crippen LogP contribution in [0.5, 0.6) is 11.5 Å². The Labute approximate surface area is 135 Å². The van der Waals surface area contributed by atoms with Crippen molar-refractivity contribution in [1.29, 1.82) is 0 Å². The number of amides is 1. The highest BCUT2D eigenvalue weighted by Crippen LogP contribution is 2.16. The first-order chi connectivity index (χ1) is 11.2. The third-order valence-electron chi connectivity index (χ3n) is 3.33. The van der Waals surface area contributed by atoms with Crippen LogP contribution in [0.2, 0.25) is 0 Å². The summed E-state index contributed by atoms with van der Waals surface area (Å²) in [5.41, 5.74) is 0.553. The minimum atomic E-state index is -0.275. The van der Waals surface area contributed by atoms with Gasteiger partial charge < -0.3 is 14.8 Å². The lowest BCUT2D eigenvalue weighted by molar-refractivity contribution is -0.121. The fourth-order valence-electron chi connectivity index (χ4n) is 2.07. The molecule has 23 heavy (non-hydrogen) atoms. The number of hydrogen-bond acceptors (Lipinski definition) is 3. The zero-order chi connectivity index (χ0) is 16.5. The number of hydrogen-bond donors (Lipinski definition) is 1. The Morgan fingerprint density at radius 2 is 1.78 bits per heavy atom. The number of methoxy groups -OCH3 is 1. The zero-order valence-corrected chi connectivity index (χ0v) is 13.0. The highest BCUT2D eigenvalue weighted by atomic mass is 19.1. The van der Waals surface area contributed by atoms with Crippen molar-refractivity contribution in [2.24, 2.45) is 0 Å². The summed E-state index contributed by atoms with van der Waals surface area (Å²) in [5, 5.41) is 2.75. The Bertz CT molecular complexity index is 628. The molecule has 0 aliphatic heterocycles. The first-order valence-electron chi connectivity index (χ1n) is 7.46. The van der Waals surface area contributed by atoms with Crippen molar-refractivity contribution in [3.63, 3.8) is 0 Å². The lowest BCUT2D eigenvalue weighted by Crippen LogP contribution is -2.28. The molecule has 0 aliphatic carbocycles. The van der Waals surface area contributed by atoms with Gasteiger partial charge in [-0.25, -0.2) is 4.39 Å². The number of benzene rings is 2. The molecule has 0 heterocycles. The van der Waals surface area contributed by atoms with Crippen LogP contribution in [0.3, 0.4) is 0 Å². The maximum absolute atomic E-state index is 13.4.